The fourth-order valence-electron chi connectivity index (χ4n) is 2.21. The van der Waals surface area contributed by atoms with Gasteiger partial charge in [0.05, 0.1) is 11.8 Å². The molecule has 0 amide bonds. The van der Waals surface area contributed by atoms with Crippen molar-refractivity contribution in [2.75, 3.05) is 0 Å². The monoisotopic (exact) mass is 265 g/mol. The Hall–Kier alpha value is -1.02. The van der Waals surface area contributed by atoms with Crippen LogP contribution in [0.15, 0.2) is 4.52 Å². The molecule has 1 fully saturated rings. The Balaban J connectivity index is 1.76. The van der Waals surface area contributed by atoms with Crippen LogP contribution in [-0.4, -0.2) is 15.4 Å². The molecule has 18 heavy (non-hydrogen) atoms. The van der Waals surface area contributed by atoms with Crippen LogP contribution < -0.4 is 0 Å². The van der Waals surface area contributed by atoms with Crippen LogP contribution in [0.4, 0.5) is 0 Å². The molecule has 1 aliphatic carbocycles. The lowest BCUT2D eigenvalue weighted by molar-refractivity contribution is 0.356. The molecule has 1 heterocycles. The second kappa shape index (κ2) is 6.79. The molecule has 1 saturated carbocycles. The number of hydrogen-bond acceptors (Lipinski definition) is 5. The molecule has 98 valence electrons. The molecular formula is C13H19N3OS. The van der Waals surface area contributed by atoms with Gasteiger partial charge in [-0.3, -0.25) is 0 Å². The van der Waals surface area contributed by atoms with Gasteiger partial charge in [0.2, 0.25) is 5.89 Å². The molecule has 0 saturated heterocycles. The number of nitriles is 1. The minimum absolute atomic E-state index is 0.283. The number of rotatable bonds is 6. The Morgan fingerprint density at radius 3 is 3.00 bits per heavy atom. The van der Waals surface area contributed by atoms with Crippen molar-refractivity contribution in [1.82, 2.24) is 10.1 Å². The highest BCUT2D eigenvalue weighted by Crippen LogP contribution is 2.31. The van der Waals surface area contributed by atoms with E-state index in [0.29, 0.717) is 18.7 Å². The Labute approximate surface area is 112 Å². The first-order valence-corrected chi connectivity index (χ1v) is 7.63. The summed E-state index contributed by atoms with van der Waals surface area (Å²) >= 11 is 1.94. The van der Waals surface area contributed by atoms with Gasteiger partial charge in [0.25, 0.3) is 0 Å². The predicted molar refractivity (Wildman–Crippen MR) is 70.9 cm³/mol. The van der Waals surface area contributed by atoms with E-state index in [9.17, 15) is 0 Å². The van der Waals surface area contributed by atoms with Crippen molar-refractivity contribution in [3.05, 3.63) is 11.7 Å². The lowest BCUT2D eigenvalue weighted by atomic mass is 10.1. The molecule has 5 heteroatoms. The topological polar surface area (TPSA) is 62.7 Å². The van der Waals surface area contributed by atoms with Crippen molar-refractivity contribution in [1.29, 1.82) is 5.26 Å². The largest absolute Gasteiger partial charge is 0.339 e. The molecule has 1 aromatic heterocycles. The van der Waals surface area contributed by atoms with Gasteiger partial charge < -0.3 is 4.52 Å². The molecule has 0 spiro atoms. The zero-order valence-electron chi connectivity index (χ0n) is 10.8. The molecule has 0 radical (unpaired) electrons. The molecule has 1 aliphatic rings. The van der Waals surface area contributed by atoms with E-state index in [1.807, 2.05) is 18.7 Å². The van der Waals surface area contributed by atoms with E-state index in [4.69, 9.17) is 9.78 Å². The average molecular weight is 265 g/mol. The van der Waals surface area contributed by atoms with E-state index in [1.165, 1.54) is 25.7 Å². The number of nitrogens with zero attached hydrogens (tertiary/aromatic N) is 3. The van der Waals surface area contributed by atoms with Crippen molar-refractivity contribution >= 4 is 11.8 Å². The van der Waals surface area contributed by atoms with Gasteiger partial charge in [0, 0.05) is 18.1 Å². The average Bonchev–Trinajstić information content (AvgIpc) is 2.97. The first kappa shape index (κ1) is 13.4. The van der Waals surface area contributed by atoms with Gasteiger partial charge in [-0.15, -0.1) is 0 Å². The summed E-state index contributed by atoms with van der Waals surface area (Å²) in [6.07, 6.45) is 6.62. The van der Waals surface area contributed by atoms with E-state index in [-0.39, 0.29) is 5.92 Å². The zero-order chi connectivity index (χ0) is 12.8. The van der Waals surface area contributed by atoms with Gasteiger partial charge in [-0.05, 0) is 18.8 Å². The third-order valence-corrected chi connectivity index (χ3v) is 4.59. The fourth-order valence-corrected chi connectivity index (χ4v) is 3.37. The van der Waals surface area contributed by atoms with E-state index < -0.39 is 0 Å². The standard InChI is InChI=1S/C13H19N3OS/c1-10(6-7-14)8-13-15-12(16-17-13)9-18-11-4-2-3-5-11/h10-11H,2-6,8-9H2,1H3. The summed E-state index contributed by atoms with van der Waals surface area (Å²) in [5, 5.41) is 13.4. The predicted octanol–water partition coefficient (Wildman–Crippen LogP) is 3.34. The maximum absolute atomic E-state index is 8.61. The van der Waals surface area contributed by atoms with Crippen LogP contribution in [0.3, 0.4) is 0 Å². The molecule has 0 aliphatic heterocycles. The third kappa shape index (κ3) is 4.02. The molecule has 0 N–H and O–H groups in total. The second-order valence-corrected chi connectivity index (χ2v) is 6.28. The summed E-state index contributed by atoms with van der Waals surface area (Å²) in [6.45, 7) is 2.03. The van der Waals surface area contributed by atoms with E-state index in [2.05, 4.69) is 16.2 Å². The summed E-state index contributed by atoms with van der Waals surface area (Å²) in [7, 11) is 0. The second-order valence-electron chi connectivity index (χ2n) is 4.99. The maximum atomic E-state index is 8.61. The van der Waals surface area contributed by atoms with Crippen LogP contribution in [-0.2, 0) is 12.2 Å². The minimum atomic E-state index is 0.283. The summed E-state index contributed by atoms with van der Waals surface area (Å²) in [6, 6.07) is 2.16. The van der Waals surface area contributed by atoms with Gasteiger partial charge >= 0.3 is 0 Å². The number of aromatic nitrogens is 2. The molecular weight excluding hydrogens is 246 g/mol. The summed E-state index contributed by atoms with van der Waals surface area (Å²) < 4.78 is 5.21. The van der Waals surface area contributed by atoms with Gasteiger partial charge in [0.15, 0.2) is 5.82 Å². The number of hydrogen-bond donors (Lipinski definition) is 0. The Morgan fingerprint density at radius 2 is 2.28 bits per heavy atom. The lowest BCUT2D eigenvalue weighted by Crippen LogP contribution is -1.99. The fraction of sp³-hybridized carbons (Fsp3) is 0.769. The van der Waals surface area contributed by atoms with E-state index >= 15 is 0 Å². The first-order valence-electron chi connectivity index (χ1n) is 6.58. The molecule has 0 bridgehead atoms. The van der Waals surface area contributed by atoms with Crippen molar-refractivity contribution in [3.8, 4) is 6.07 Å². The summed E-state index contributed by atoms with van der Waals surface area (Å²) in [5.41, 5.74) is 0. The van der Waals surface area contributed by atoms with Crippen molar-refractivity contribution < 1.29 is 4.52 Å². The minimum Gasteiger partial charge on any atom is -0.339 e. The Kier molecular flexibility index (Phi) is 5.06. The van der Waals surface area contributed by atoms with Crippen LogP contribution in [0.25, 0.3) is 0 Å². The molecule has 2 rings (SSSR count). The van der Waals surface area contributed by atoms with Gasteiger partial charge in [-0.2, -0.15) is 22.0 Å². The van der Waals surface area contributed by atoms with Gasteiger partial charge in [-0.25, -0.2) is 0 Å². The molecule has 1 aromatic rings. The number of thioether (sulfide) groups is 1. The zero-order valence-corrected chi connectivity index (χ0v) is 11.6. The first-order chi connectivity index (χ1) is 8.78. The quantitative estimate of drug-likeness (QED) is 0.789. The smallest absolute Gasteiger partial charge is 0.226 e. The highest BCUT2D eigenvalue weighted by atomic mass is 32.2. The molecule has 1 atom stereocenters. The van der Waals surface area contributed by atoms with Crippen LogP contribution in [0, 0.1) is 17.2 Å². The van der Waals surface area contributed by atoms with E-state index in [1.54, 1.807) is 0 Å². The Morgan fingerprint density at radius 1 is 1.50 bits per heavy atom. The van der Waals surface area contributed by atoms with Crippen LogP contribution >= 0.6 is 11.8 Å². The van der Waals surface area contributed by atoms with Gasteiger partial charge in [0.1, 0.15) is 0 Å². The summed E-state index contributed by atoms with van der Waals surface area (Å²) in [4.78, 5) is 4.39. The van der Waals surface area contributed by atoms with Crippen LogP contribution in [0.2, 0.25) is 0 Å². The van der Waals surface area contributed by atoms with Gasteiger partial charge in [-0.1, -0.05) is 24.9 Å². The van der Waals surface area contributed by atoms with Crippen molar-refractivity contribution in [2.45, 2.75) is 56.5 Å². The highest BCUT2D eigenvalue weighted by Gasteiger charge is 2.17. The van der Waals surface area contributed by atoms with Crippen LogP contribution in [0.5, 0.6) is 0 Å². The molecule has 1 unspecified atom stereocenters. The van der Waals surface area contributed by atoms with Crippen LogP contribution in [0.1, 0.15) is 50.7 Å². The highest BCUT2D eigenvalue weighted by molar-refractivity contribution is 7.99. The SMILES string of the molecule is CC(CC#N)Cc1nc(CSC2CCCC2)no1. The normalized spacial score (nSPS) is 17.8. The maximum Gasteiger partial charge on any atom is 0.226 e. The summed E-state index contributed by atoms with van der Waals surface area (Å²) in [5.74, 6) is 2.59. The molecule has 4 nitrogen and oxygen atoms in total. The third-order valence-electron chi connectivity index (χ3n) is 3.22. The molecule has 0 aromatic carbocycles. The Bertz CT molecular complexity index is 407. The van der Waals surface area contributed by atoms with E-state index in [0.717, 1.165) is 16.8 Å². The van der Waals surface area contributed by atoms with Crippen molar-refractivity contribution in [2.24, 2.45) is 5.92 Å². The van der Waals surface area contributed by atoms with Crippen molar-refractivity contribution in [3.63, 3.8) is 0 Å². The lowest BCUT2D eigenvalue weighted by Gasteiger charge is -2.05.